The van der Waals surface area contributed by atoms with E-state index < -0.39 is 11.4 Å². The van der Waals surface area contributed by atoms with Crippen LogP contribution in [0.1, 0.15) is 67.4 Å². The van der Waals surface area contributed by atoms with Gasteiger partial charge in [0.25, 0.3) is 0 Å². The molecule has 0 unspecified atom stereocenters. The van der Waals surface area contributed by atoms with E-state index in [9.17, 15) is 14.7 Å². The normalized spacial score (nSPS) is 23.6. The fourth-order valence-corrected chi connectivity index (χ4v) is 5.91. The maximum Gasteiger partial charge on any atom is 0.341 e. The van der Waals surface area contributed by atoms with E-state index in [2.05, 4.69) is 35.4 Å². The Hall–Kier alpha value is -2.76. The first kappa shape index (κ1) is 19.2. The fourth-order valence-electron chi connectivity index (χ4n) is 5.91. The number of rotatable bonds is 3. The van der Waals surface area contributed by atoms with Crippen LogP contribution in [0.2, 0.25) is 0 Å². The van der Waals surface area contributed by atoms with Crippen molar-refractivity contribution < 1.29 is 14.6 Å². The second-order valence-corrected chi connectivity index (χ2v) is 9.53. The molecule has 2 fully saturated rings. The average Bonchev–Trinajstić information content (AvgIpc) is 3.34. The monoisotopic (exact) mass is 408 g/mol. The lowest BCUT2D eigenvalue weighted by atomic mass is 9.77. The lowest BCUT2D eigenvalue weighted by Crippen LogP contribution is -2.32. The van der Waals surface area contributed by atoms with Crippen LogP contribution in [0.5, 0.6) is 5.75 Å². The first-order valence-electron chi connectivity index (χ1n) is 10.8. The molecule has 1 aromatic heterocycles. The Morgan fingerprint density at radius 1 is 1.20 bits per heavy atom. The number of hydrogen-bond acceptors (Lipinski definition) is 4. The Balaban J connectivity index is 1.78. The third kappa shape index (κ3) is 2.69. The van der Waals surface area contributed by atoms with E-state index in [4.69, 9.17) is 4.74 Å². The Bertz CT molecular complexity index is 1100. The first-order chi connectivity index (χ1) is 14.3. The lowest BCUT2D eigenvalue weighted by molar-refractivity contribution is 0.0693. The van der Waals surface area contributed by atoms with E-state index in [0.717, 1.165) is 48.6 Å². The Labute approximate surface area is 176 Å². The number of methoxy groups -OCH3 is 1. The van der Waals surface area contributed by atoms with Gasteiger partial charge in [0.05, 0.1) is 18.5 Å². The number of anilines is 1. The summed E-state index contributed by atoms with van der Waals surface area (Å²) in [4.78, 5) is 26.6. The molecule has 1 aromatic carbocycles. The number of benzene rings is 1. The van der Waals surface area contributed by atoms with Crippen LogP contribution in [-0.4, -0.2) is 35.8 Å². The van der Waals surface area contributed by atoms with E-state index in [0.29, 0.717) is 5.92 Å². The summed E-state index contributed by atoms with van der Waals surface area (Å²) in [6.45, 7) is 6.56. The van der Waals surface area contributed by atoms with Gasteiger partial charge in [-0.25, -0.2) is 4.79 Å². The van der Waals surface area contributed by atoms with Crippen molar-refractivity contribution >= 4 is 11.7 Å². The number of hydrogen-bond donors (Lipinski definition) is 1. The van der Waals surface area contributed by atoms with Gasteiger partial charge >= 0.3 is 5.97 Å². The fraction of sp³-hybridized carbons (Fsp3) is 0.500. The van der Waals surface area contributed by atoms with Crippen LogP contribution in [-0.2, 0) is 0 Å². The molecule has 1 saturated carbocycles. The summed E-state index contributed by atoms with van der Waals surface area (Å²) in [7, 11) is 1.69. The highest BCUT2D eigenvalue weighted by atomic mass is 16.5. The van der Waals surface area contributed by atoms with E-state index in [1.165, 1.54) is 24.5 Å². The zero-order valence-corrected chi connectivity index (χ0v) is 17.8. The number of carbonyl (C=O) groups is 1. The second-order valence-electron chi connectivity index (χ2n) is 9.53. The summed E-state index contributed by atoms with van der Waals surface area (Å²) >= 11 is 0. The molecule has 0 spiro atoms. The number of aromatic nitrogens is 1. The van der Waals surface area contributed by atoms with Gasteiger partial charge in [0.15, 0.2) is 5.43 Å². The molecular weight excluding hydrogens is 380 g/mol. The number of ether oxygens (including phenoxy) is 1. The molecule has 0 radical (unpaired) electrons. The lowest BCUT2D eigenvalue weighted by Gasteiger charge is -2.40. The summed E-state index contributed by atoms with van der Waals surface area (Å²) in [6.07, 6.45) is 6.05. The van der Waals surface area contributed by atoms with Crippen LogP contribution in [0.4, 0.5) is 5.69 Å². The minimum absolute atomic E-state index is 0.00961. The molecule has 6 nitrogen and oxygen atoms in total. The Kier molecular flexibility index (Phi) is 4.24. The van der Waals surface area contributed by atoms with Gasteiger partial charge in [0.2, 0.25) is 0 Å². The molecule has 1 saturated heterocycles. The maximum absolute atomic E-state index is 12.6. The molecule has 158 valence electrons. The number of carboxylic acids is 1. The average molecular weight is 408 g/mol. The van der Waals surface area contributed by atoms with Crippen molar-refractivity contribution in [1.29, 1.82) is 0 Å². The smallest absolute Gasteiger partial charge is 0.341 e. The van der Waals surface area contributed by atoms with Crippen LogP contribution in [0.15, 0.2) is 29.2 Å². The van der Waals surface area contributed by atoms with Crippen molar-refractivity contribution in [3.05, 3.63) is 45.7 Å². The van der Waals surface area contributed by atoms with Crippen LogP contribution in [0, 0.1) is 5.41 Å². The van der Waals surface area contributed by atoms with Gasteiger partial charge in [0.1, 0.15) is 11.3 Å². The molecule has 2 aromatic rings. The van der Waals surface area contributed by atoms with Crippen molar-refractivity contribution in [2.75, 3.05) is 25.1 Å². The molecule has 1 aliphatic carbocycles. The van der Waals surface area contributed by atoms with E-state index in [-0.39, 0.29) is 17.0 Å². The summed E-state index contributed by atoms with van der Waals surface area (Å²) in [5.41, 5.74) is 3.58. The first-order valence-corrected chi connectivity index (χ1v) is 10.8. The standard InChI is InChI=1S/C24H28N2O4/c1-24(2)7-6-14-15-10-19(25-8-4-5-9-25)21(30-3)11-16(15)18-12-20(27)17(23(28)29)13-26(18)22(14)24/h10-14,22H,4-9H2,1-3H3,(H,28,29)/t14-,22+/m0/s1. The third-order valence-corrected chi connectivity index (χ3v) is 7.36. The van der Waals surface area contributed by atoms with Crippen LogP contribution in [0.3, 0.4) is 0 Å². The third-order valence-electron chi connectivity index (χ3n) is 7.36. The predicted molar refractivity (Wildman–Crippen MR) is 116 cm³/mol. The topological polar surface area (TPSA) is 71.8 Å². The van der Waals surface area contributed by atoms with Gasteiger partial charge in [-0.1, -0.05) is 13.8 Å². The molecule has 30 heavy (non-hydrogen) atoms. The molecule has 5 rings (SSSR count). The van der Waals surface area contributed by atoms with Crippen molar-refractivity contribution in [3.8, 4) is 17.0 Å². The quantitative estimate of drug-likeness (QED) is 0.821. The number of aromatic carboxylic acids is 1. The molecule has 6 heteroatoms. The number of pyridine rings is 1. The number of carboxylic acid groups (broad SMARTS) is 1. The highest BCUT2D eigenvalue weighted by Crippen LogP contribution is 2.59. The van der Waals surface area contributed by atoms with E-state index in [1.54, 1.807) is 13.3 Å². The number of fused-ring (bicyclic) bond motifs is 6. The minimum atomic E-state index is -1.17. The molecule has 2 aliphatic heterocycles. The molecule has 1 N–H and O–H groups in total. The minimum Gasteiger partial charge on any atom is -0.495 e. The van der Waals surface area contributed by atoms with Gasteiger partial charge in [-0.2, -0.15) is 0 Å². The van der Waals surface area contributed by atoms with Crippen molar-refractivity contribution in [3.63, 3.8) is 0 Å². The highest BCUT2D eigenvalue weighted by Gasteiger charge is 2.48. The summed E-state index contributed by atoms with van der Waals surface area (Å²) < 4.78 is 7.82. The molecule has 3 heterocycles. The van der Waals surface area contributed by atoms with E-state index in [1.807, 2.05) is 0 Å². The number of nitrogens with zero attached hydrogens (tertiary/aromatic N) is 2. The molecule has 3 aliphatic rings. The summed E-state index contributed by atoms with van der Waals surface area (Å²) in [6, 6.07) is 5.95. The van der Waals surface area contributed by atoms with Gasteiger partial charge in [0, 0.05) is 42.9 Å². The van der Waals surface area contributed by atoms with Crippen LogP contribution >= 0.6 is 0 Å². The van der Waals surface area contributed by atoms with Crippen molar-refractivity contribution in [1.82, 2.24) is 4.57 Å². The van der Waals surface area contributed by atoms with Crippen molar-refractivity contribution in [2.24, 2.45) is 5.41 Å². The maximum atomic E-state index is 12.6. The predicted octanol–water partition coefficient (Wildman–Crippen LogP) is 4.28. The van der Waals surface area contributed by atoms with Gasteiger partial charge < -0.3 is 19.3 Å². The zero-order chi connectivity index (χ0) is 21.2. The highest BCUT2D eigenvalue weighted by molar-refractivity contribution is 5.88. The Morgan fingerprint density at radius 2 is 1.93 bits per heavy atom. The summed E-state index contributed by atoms with van der Waals surface area (Å²) in [5.74, 6) is -0.0676. The summed E-state index contributed by atoms with van der Waals surface area (Å²) in [5, 5.41) is 9.53. The Morgan fingerprint density at radius 3 is 2.60 bits per heavy atom. The molecule has 2 atom stereocenters. The van der Waals surface area contributed by atoms with Crippen LogP contribution in [0.25, 0.3) is 11.3 Å². The second kappa shape index (κ2) is 6.62. The molecular formula is C24H28N2O4. The van der Waals surface area contributed by atoms with E-state index >= 15 is 0 Å². The SMILES string of the molecule is COc1cc2c(cc1N1CCCC1)[C@@H]1CCC(C)(C)[C@@H]1n1cc(C(=O)O)c(=O)cc1-2. The van der Waals surface area contributed by atoms with Gasteiger partial charge in [-0.3, -0.25) is 4.79 Å². The molecule has 0 bridgehead atoms. The van der Waals surface area contributed by atoms with Gasteiger partial charge in [-0.15, -0.1) is 0 Å². The van der Waals surface area contributed by atoms with Gasteiger partial charge in [-0.05, 0) is 48.8 Å². The molecule has 0 amide bonds. The largest absolute Gasteiger partial charge is 0.495 e. The zero-order valence-electron chi connectivity index (χ0n) is 17.8. The van der Waals surface area contributed by atoms with Crippen LogP contribution < -0.4 is 15.1 Å². The van der Waals surface area contributed by atoms with Crippen molar-refractivity contribution in [2.45, 2.75) is 51.5 Å².